The van der Waals surface area contributed by atoms with Crippen LogP contribution in [-0.2, 0) is 11.3 Å². The molecule has 2 aromatic rings. The van der Waals surface area contributed by atoms with Crippen molar-refractivity contribution in [1.29, 1.82) is 0 Å². The average Bonchev–Trinajstić information content (AvgIpc) is 2.83. The van der Waals surface area contributed by atoms with E-state index >= 15 is 0 Å². The van der Waals surface area contributed by atoms with Crippen LogP contribution >= 0.6 is 28.3 Å². The van der Waals surface area contributed by atoms with Crippen molar-refractivity contribution in [2.24, 2.45) is 5.73 Å². The van der Waals surface area contributed by atoms with E-state index in [2.05, 4.69) is 31.3 Å². The Morgan fingerprint density at radius 2 is 2.27 bits per heavy atom. The maximum absolute atomic E-state index is 11.7. The number of amides is 1. The van der Waals surface area contributed by atoms with Crippen molar-refractivity contribution in [3.8, 4) is 0 Å². The summed E-state index contributed by atoms with van der Waals surface area (Å²) in [6.07, 6.45) is 2.62. The number of nitrogens with zero attached hydrogens (tertiary/aromatic N) is 3. The number of hydrogen-bond acceptors (Lipinski definition) is 4. The van der Waals surface area contributed by atoms with Crippen LogP contribution in [0.5, 0.6) is 0 Å². The minimum Gasteiger partial charge on any atom is -0.328 e. The van der Waals surface area contributed by atoms with E-state index in [1.807, 2.05) is 31.2 Å². The van der Waals surface area contributed by atoms with E-state index in [0.29, 0.717) is 25.3 Å². The van der Waals surface area contributed by atoms with Crippen LogP contribution in [0.4, 0.5) is 5.95 Å². The lowest BCUT2D eigenvalue weighted by Crippen LogP contribution is -2.20. The first kappa shape index (κ1) is 18.6. The maximum atomic E-state index is 11.7. The molecule has 120 valence electrons. The lowest BCUT2D eigenvalue weighted by molar-refractivity contribution is -0.116. The Labute approximate surface area is 144 Å². The summed E-state index contributed by atoms with van der Waals surface area (Å²) >= 11 is 3.43. The summed E-state index contributed by atoms with van der Waals surface area (Å²) in [5, 5.41) is 6.90. The maximum Gasteiger partial charge on any atom is 0.248 e. The molecule has 0 saturated carbocycles. The molecule has 0 aliphatic carbocycles. The van der Waals surface area contributed by atoms with Gasteiger partial charge >= 0.3 is 0 Å². The van der Waals surface area contributed by atoms with Gasteiger partial charge < -0.3 is 5.73 Å². The summed E-state index contributed by atoms with van der Waals surface area (Å²) in [5.74, 6) is 0.201. The highest BCUT2D eigenvalue weighted by molar-refractivity contribution is 9.10. The topological polar surface area (TPSA) is 85.8 Å². The van der Waals surface area contributed by atoms with Gasteiger partial charge in [-0.05, 0) is 31.0 Å². The van der Waals surface area contributed by atoms with Gasteiger partial charge in [0.2, 0.25) is 11.9 Å². The summed E-state index contributed by atoms with van der Waals surface area (Å²) in [4.78, 5) is 15.7. The average molecular weight is 389 g/mol. The van der Waals surface area contributed by atoms with Crippen LogP contribution in [0.1, 0.15) is 25.3 Å². The molecule has 1 aromatic heterocycles. The monoisotopic (exact) mass is 387 g/mol. The molecule has 1 heterocycles. The third kappa shape index (κ3) is 6.13. The zero-order valence-corrected chi connectivity index (χ0v) is 14.6. The number of nitrogens with one attached hydrogen (secondary N) is 1. The Hall–Kier alpha value is -1.44. The molecule has 0 aliphatic heterocycles. The summed E-state index contributed by atoms with van der Waals surface area (Å²) in [6, 6.07) is 7.97. The molecular weight excluding hydrogens is 370 g/mol. The Bertz CT molecular complexity index is 617. The first-order chi connectivity index (χ1) is 10.0. The van der Waals surface area contributed by atoms with Crippen LogP contribution in [0.2, 0.25) is 0 Å². The van der Waals surface area contributed by atoms with Crippen molar-refractivity contribution >= 4 is 40.2 Å². The zero-order chi connectivity index (χ0) is 15.2. The van der Waals surface area contributed by atoms with Crippen molar-refractivity contribution in [2.75, 3.05) is 5.32 Å². The minimum absolute atomic E-state index is 0. The van der Waals surface area contributed by atoms with Crippen LogP contribution in [0.3, 0.4) is 0 Å². The number of benzene rings is 1. The molecule has 0 bridgehead atoms. The van der Waals surface area contributed by atoms with E-state index in [1.54, 1.807) is 11.0 Å². The van der Waals surface area contributed by atoms with Gasteiger partial charge in [-0.15, -0.1) is 17.5 Å². The lowest BCUT2D eigenvalue weighted by atomic mass is 10.2. The van der Waals surface area contributed by atoms with Gasteiger partial charge in [0.15, 0.2) is 0 Å². The van der Waals surface area contributed by atoms with Crippen LogP contribution in [0, 0.1) is 0 Å². The molecule has 1 aromatic carbocycles. The Balaban J connectivity index is 0.00000242. The highest BCUT2D eigenvalue weighted by atomic mass is 79.9. The second kappa shape index (κ2) is 8.87. The largest absolute Gasteiger partial charge is 0.328 e. The van der Waals surface area contributed by atoms with E-state index in [1.165, 1.54) is 0 Å². The van der Waals surface area contributed by atoms with Gasteiger partial charge in [0.25, 0.3) is 0 Å². The predicted molar refractivity (Wildman–Crippen MR) is 92.0 cm³/mol. The number of anilines is 1. The molecule has 1 atom stereocenters. The van der Waals surface area contributed by atoms with Crippen molar-refractivity contribution in [2.45, 2.75) is 32.4 Å². The molecule has 0 saturated heterocycles. The van der Waals surface area contributed by atoms with Crippen LogP contribution < -0.4 is 11.1 Å². The number of hydrogen-bond donors (Lipinski definition) is 2. The first-order valence-electron chi connectivity index (χ1n) is 6.72. The van der Waals surface area contributed by atoms with E-state index in [-0.39, 0.29) is 24.4 Å². The number of aromatic nitrogens is 3. The van der Waals surface area contributed by atoms with Crippen LogP contribution in [-0.4, -0.2) is 26.7 Å². The molecule has 1 unspecified atom stereocenters. The van der Waals surface area contributed by atoms with E-state index in [9.17, 15) is 4.79 Å². The molecule has 2 rings (SSSR count). The van der Waals surface area contributed by atoms with Gasteiger partial charge in [-0.2, -0.15) is 0 Å². The second-order valence-electron chi connectivity index (χ2n) is 4.96. The van der Waals surface area contributed by atoms with Gasteiger partial charge in [-0.1, -0.05) is 28.1 Å². The molecule has 8 heteroatoms. The standard InChI is InChI=1S/C14H18BrN5O.ClH/c1-10(16)5-6-13(21)18-14-17-9-20(19-14)8-11-3-2-4-12(15)7-11;/h2-4,7,9-10H,5-6,8,16H2,1H3,(H,18,19,21);1H. The second-order valence-corrected chi connectivity index (χ2v) is 5.88. The quantitative estimate of drug-likeness (QED) is 0.796. The third-order valence-electron chi connectivity index (χ3n) is 2.85. The first-order valence-corrected chi connectivity index (χ1v) is 7.51. The Morgan fingerprint density at radius 3 is 2.95 bits per heavy atom. The molecule has 0 radical (unpaired) electrons. The minimum atomic E-state index is -0.118. The Morgan fingerprint density at radius 1 is 1.50 bits per heavy atom. The number of halogens is 2. The number of nitrogens with two attached hydrogens (primary N) is 1. The van der Waals surface area contributed by atoms with Crippen LogP contribution in [0.25, 0.3) is 0 Å². The van der Waals surface area contributed by atoms with Crippen molar-refractivity contribution < 1.29 is 4.79 Å². The van der Waals surface area contributed by atoms with Crippen molar-refractivity contribution in [3.63, 3.8) is 0 Å². The molecular formula is C14H19BrClN5O. The number of carbonyl (C=O) groups is 1. The molecule has 22 heavy (non-hydrogen) atoms. The summed E-state index contributed by atoms with van der Waals surface area (Å²) in [5.41, 5.74) is 6.72. The molecule has 0 aliphatic rings. The Kier molecular flexibility index (Phi) is 7.50. The number of carbonyl (C=O) groups excluding carboxylic acids is 1. The molecule has 3 N–H and O–H groups in total. The lowest BCUT2D eigenvalue weighted by Gasteiger charge is -2.04. The van der Waals surface area contributed by atoms with Gasteiger partial charge in [-0.3, -0.25) is 10.1 Å². The van der Waals surface area contributed by atoms with E-state index in [0.717, 1.165) is 10.0 Å². The molecule has 0 spiro atoms. The van der Waals surface area contributed by atoms with E-state index in [4.69, 9.17) is 5.73 Å². The molecule has 0 fully saturated rings. The van der Waals surface area contributed by atoms with Crippen molar-refractivity contribution in [1.82, 2.24) is 14.8 Å². The van der Waals surface area contributed by atoms with Gasteiger partial charge in [0.05, 0.1) is 6.54 Å². The normalized spacial score (nSPS) is 11.6. The SMILES string of the molecule is CC(N)CCC(=O)Nc1ncn(Cc2cccc(Br)c2)n1.Cl. The molecule has 6 nitrogen and oxygen atoms in total. The highest BCUT2D eigenvalue weighted by Gasteiger charge is 2.08. The summed E-state index contributed by atoms with van der Waals surface area (Å²) in [7, 11) is 0. The van der Waals surface area contributed by atoms with E-state index < -0.39 is 0 Å². The highest BCUT2D eigenvalue weighted by Crippen LogP contribution is 2.12. The smallest absolute Gasteiger partial charge is 0.248 e. The fourth-order valence-electron chi connectivity index (χ4n) is 1.80. The van der Waals surface area contributed by atoms with Gasteiger partial charge in [-0.25, -0.2) is 9.67 Å². The number of rotatable bonds is 6. The summed E-state index contributed by atoms with van der Waals surface area (Å²) < 4.78 is 2.70. The zero-order valence-electron chi connectivity index (χ0n) is 12.2. The predicted octanol–water partition coefficient (Wildman–Crippen LogP) is 2.58. The van der Waals surface area contributed by atoms with Gasteiger partial charge in [0.1, 0.15) is 6.33 Å². The van der Waals surface area contributed by atoms with Gasteiger partial charge in [0, 0.05) is 16.9 Å². The fourth-order valence-corrected chi connectivity index (χ4v) is 2.24. The van der Waals surface area contributed by atoms with Crippen molar-refractivity contribution in [3.05, 3.63) is 40.6 Å². The van der Waals surface area contributed by atoms with Crippen LogP contribution in [0.15, 0.2) is 35.1 Å². The summed E-state index contributed by atoms with van der Waals surface area (Å²) in [6.45, 7) is 2.47. The fraction of sp³-hybridized carbons (Fsp3) is 0.357. The molecule has 1 amide bonds. The third-order valence-corrected chi connectivity index (χ3v) is 3.34.